The Hall–Kier alpha value is -2.18. The first-order valence-corrected chi connectivity index (χ1v) is 9.20. The maximum absolute atomic E-state index is 12.7. The highest BCUT2D eigenvalue weighted by Crippen LogP contribution is 2.28. The number of nitrogens with two attached hydrogens (primary N) is 1. The first-order chi connectivity index (χ1) is 12.5. The summed E-state index contributed by atoms with van der Waals surface area (Å²) in [6.07, 6.45) is 3.02. The average Bonchev–Trinajstić information content (AvgIpc) is 2.60. The number of hydrogen-bond donors (Lipinski definition) is 2. The third-order valence-electron chi connectivity index (χ3n) is 4.97. The third kappa shape index (κ3) is 4.14. The molecule has 6 heteroatoms. The van der Waals surface area contributed by atoms with Gasteiger partial charge in [0.15, 0.2) is 0 Å². The normalized spacial score (nSPS) is 23.1. The number of anilines is 1. The minimum absolute atomic E-state index is 0.0106. The number of carbonyl (C=O) groups excluding carboxylic acids is 1. The van der Waals surface area contributed by atoms with E-state index in [1.807, 2.05) is 19.1 Å². The molecule has 0 saturated heterocycles. The number of rotatable bonds is 5. The van der Waals surface area contributed by atoms with Crippen LogP contribution in [0.5, 0.6) is 0 Å². The van der Waals surface area contributed by atoms with E-state index in [0.29, 0.717) is 24.3 Å². The molecule has 1 aromatic heterocycles. The summed E-state index contributed by atoms with van der Waals surface area (Å²) in [7, 11) is 0. The van der Waals surface area contributed by atoms with Gasteiger partial charge in [0.25, 0.3) is 0 Å². The van der Waals surface area contributed by atoms with Crippen LogP contribution in [0, 0.1) is 12.8 Å². The number of fused-ring (bicyclic) bond motifs is 1. The van der Waals surface area contributed by atoms with Gasteiger partial charge in [-0.3, -0.25) is 4.79 Å². The topological polar surface area (TPSA) is 94.6 Å². The lowest BCUT2D eigenvalue weighted by atomic mass is 9.83. The number of carbonyl (C=O) groups is 1. The molecule has 0 unspecified atom stereocenters. The van der Waals surface area contributed by atoms with E-state index in [2.05, 4.69) is 12.2 Å². The van der Waals surface area contributed by atoms with Gasteiger partial charge in [-0.2, -0.15) is 0 Å². The van der Waals surface area contributed by atoms with E-state index >= 15 is 0 Å². The molecule has 26 heavy (non-hydrogen) atoms. The molecule has 0 bridgehead atoms. The smallest absolute Gasteiger partial charge is 0.336 e. The first-order valence-electron chi connectivity index (χ1n) is 9.20. The molecule has 6 nitrogen and oxygen atoms in total. The van der Waals surface area contributed by atoms with Crippen molar-refractivity contribution in [1.82, 2.24) is 0 Å². The second-order valence-corrected chi connectivity index (χ2v) is 7.03. The summed E-state index contributed by atoms with van der Waals surface area (Å²) >= 11 is 0. The van der Waals surface area contributed by atoms with Crippen molar-refractivity contribution in [3.63, 3.8) is 0 Å². The quantitative estimate of drug-likeness (QED) is 0.801. The number of hydrogen-bond acceptors (Lipinski definition) is 5. The van der Waals surface area contributed by atoms with Gasteiger partial charge in [-0.25, -0.2) is 4.79 Å². The molecule has 1 fully saturated rings. The molecule has 3 rings (SSSR count). The summed E-state index contributed by atoms with van der Waals surface area (Å²) in [6, 6.07) is 6.83. The zero-order valence-electron chi connectivity index (χ0n) is 15.3. The van der Waals surface area contributed by atoms with Crippen LogP contribution in [-0.2, 0) is 9.53 Å². The lowest BCUT2D eigenvalue weighted by Gasteiger charge is -2.33. The van der Waals surface area contributed by atoms with Gasteiger partial charge in [-0.1, -0.05) is 6.92 Å². The number of amides is 1. The number of benzene rings is 1. The minimum atomic E-state index is -0.393. The summed E-state index contributed by atoms with van der Waals surface area (Å²) in [6.45, 7) is 4.58. The monoisotopic (exact) mass is 358 g/mol. The van der Waals surface area contributed by atoms with E-state index in [1.165, 1.54) is 6.07 Å². The molecule has 3 N–H and O–H groups in total. The Balaban J connectivity index is 1.71. The number of ether oxygens (including phenoxy) is 1. The predicted molar refractivity (Wildman–Crippen MR) is 101 cm³/mol. The Morgan fingerprint density at radius 2 is 2.15 bits per heavy atom. The molecule has 1 heterocycles. The lowest BCUT2D eigenvalue weighted by Crippen LogP contribution is -2.44. The maximum atomic E-state index is 12.7. The van der Waals surface area contributed by atoms with Crippen LogP contribution in [0.25, 0.3) is 11.0 Å². The van der Waals surface area contributed by atoms with Crippen molar-refractivity contribution in [2.75, 3.05) is 11.9 Å². The molecule has 1 saturated carbocycles. The molecular formula is C20H26N2O4. The predicted octanol–water partition coefficient (Wildman–Crippen LogP) is 2.96. The fraction of sp³-hybridized carbons (Fsp3) is 0.500. The molecule has 1 aromatic carbocycles. The summed E-state index contributed by atoms with van der Waals surface area (Å²) in [5, 5.41) is 3.80. The van der Waals surface area contributed by atoms with Crippen LogP contribution < -0.4 is 16.7 Å². The van der Waals surface area contributed by atoms with Crippen molar-refractivity contribution < 1.29 is 13.9 Å². The van der Waals surface area contributed by atoms with Crippen LogP contribution in [0.2, 0.25) is 0 Å². The lowest BCUT2D eigenvalue weighted by molar-refractivity contribution is -0.123. The van der Waals surface area contributed by atoms with Crippen molar-refractivity contribution in [2.45, 2.75) is 51.7 Å². The minimum Gasteiger partial charge on any atom is -0.423 e. The van der Waals surface area contributed by atoms with Gasteiger partial charge in [0.1, 0.15) is 5.58 Å². The highest BCUT2D eigenvalue weighted by molar-refractivity contribution is 5.95. The fourth-order valence-electron chi connectivity index (χ4n) is 3.50. The van der Waals surface area contributed by atoms with Gasteiger partial charge < -0.3 is 20.2 Å². The van der Waals surface area contributed by atoms with Crippen molar-refractivity contribution in [1.29, 1.82) is 0 Å². The highest BCUT2D eigenvalue weighted by Gasteiger charge is 2.32. The molecule has 0 aliphatic heterocycles. The second-order valence-electron chi connectivity index (χ2n) is 7.03. The van der Waals surface area contributed by atoms with Crippen molar-refractivity contribution in [2.24, 2.45) is 11.7 Å². The van der Waals surface area contributed by atoms with E-state index in [1.54, 1.807) is 6.07 Å². The Kier molecular flexibility index (Phi) is 5.74. The molecule has 1 aliphatic rings. The van der Waals surface area contributed by atoms with Crippen LogP contribution in [0.1, 0.15) is 38.2 Å². The van der Waals surface area contributed by atoms with Gasteiger partial charge in [-0.15, -0.1) is 0 Å². The Morgan fingerprint density at radius 1 is 1.35 bits per heavy atom. The standard InChI is InChI=1S/C20H26N2O4/c1-3-8-25-18-10-13(4-7-16(18)21)20(24)22-14-5-6-15-12(2)9-19(23)26-17(15)11-14/h5-6,9,11,13,16,18H,3-4,7-8,10,21H2,1-2H3,(H,22,24)/t13-,16+,18+/m0/s1. The van der Waals surface area contributed by atoms with Gasteiger partial charge in [0, 0.05) is 41.8 Å². The summed E-state index contributed by atoms with van der Waals surface area (Å²) in [5.41, 5.74) is 7.68. The summed E-state index contributed by atoms with van der Waals surface area (Å²) < 4.78 is 11.0. The molecule has 2 aromatic rings. The van der Waals surface area contributed by atoms with Crippen LogP contribution >= 0.6 is 0 Å². The Morgan fingerprint density at radius 3 is 2.92 bits per heavy atom. The summed E-state index contributed by atoms with van der Waals surface area (Å²) in [5.74, 6) is -0.173. The molecule has 0 spiro atoms. The molecule has 3 atom stereocenters. The second kappa shape index (κ2) is 8.01. The molecule has 0 radical (unpaired) electrons. The zero-order chi connectivity index (χ0) is 18.7. The van der Waals surface area contributed by atoms with Crippen molar-refractivity contribution in [3.05, 3.63) is 40.2 Å². The molecular weight excluding hydrogens is 332 g/mol. The SMILES string of the molecule is CCCO[C@@H]1C[C@@H](C(=O)Nc2ccc3c(C)cc(=O)oc3c2)CC[C@H]1N. The van der Waals surface area contributed by atoms with Crippen LogP contribution in [0.3, 0.4) is 0 Å². The van der Waals surface area contributed by atoms with E-state index in [0.717, 1.165) is 30.2 Å². The van der Waals surface area contributed by atoms with Gasteiger partial charge in [0.2, 0.25) is 5.91 Å². The van der Waals surface area contributed by atoms with Gasteiger partial charge in [-0.05, 0) is 50.3 Å². The van der Waals surface area contributed by atoms with E-state index in [4.69, 9.17) is 14.9 Å². The molecule has 1 aliphatic carbocycles. The van der Waals surface area contributed by atoms with Crippen molar-refractivity contribution >= 4 is 22.6 Å². The Bertz CT molecular complexity index is 845. The van der Waals surface area contributed by atoms with Crippen molar-refractivity contribution in [3.8, 4) is 0 Å². The van der Waals surface area contributed by atoms with E-state index < -0.39 is 5.63 Å². The summed E-state index contributed by atoms with van der Waals surface area (Å²) in [4.78, 5) is 24.2. The molecule has 1 amide bonds. The van der Waals surface area contributed by atoms with Crippen LogP contribution in [0.4, 0.5) is 5.69 Å². The average molecular weight is 358 g/mol. The first kappa shape index (κ1) is 18.6. The largest absolute Gasteiger partial charge is 0.423 e. The zero-order valence-corrected chi connectivity index (χ0v) is 15.3. The Labute approximate surface area is 152 Å². The third-order valence-corrected chi connectivity index (χ3v) is 4.97. The van der Waals surface area contributed by atoms with Crippen LogP contribution in [-0.4, -0.2) is 24.7 Å². The fourth-order valence-corrected chi connectivity index (χ4v) is 3.50. The maximum Gasteiger partial charge on any atom is 0.336 e. The highest BCUT2D eigenvalue weighted by atomic mass is 16.5. The number of nitrogens with one attached hydrogen (secondary N) is 1. The van der Waals surface area contributed by atoms with Crippen LogP contribution in [0.15, 0.2) is 33.5 Å². The van der Waals surface area contributed by atoms with Gasteiger partial charge in [0.05, 0.1) is 6.10 Å². The van der Waals surface area contributed by atoms with Gasteiger partial charge >= 0.3 is 5.63 Å². The number of aryl methyl sites for hydroxylation is 1. The molecule has 140 valence electrons. The van der Waals surface area contributed by atoms with E-state index in [9.17, 15) is 9.59 Å². The van der Waals surface area contributed by atoms with E-state index in [-0.39, 0.29) is 24.0 Å².